The molecule has 0 saturated carbocycles. The second-order valence-electron chi connectivity index (χ2n) is 3.12. The third kappa shape index (κ3) is 2.10. The predicted octanol–water partition coefficient (Wildman–Crippen LogP) is 2.97. The van der Waals surface area contributed by atoms with Gasteiger partial charge in [0.1, 0.15) is 16.9 Å². The third-order valence-electron chi connectivity index (χ3n) is 2.09. The van der Waals surface area contributed by atoms with Gasteiger partial charge in [0.25, 0.3) is 0 Å². The molecule has 0 amide bonds. The van der Waals surface area contributed by atoms with Crippen molar-refractivity contribution in [3.63, 3.8) is 0 Å². The quantitative estimate of drug-likeness (QED) is 0.825. The van der Waals surface area contributed by atoms with E-state index >= 15 is 0 Å². The minimum Gasteiger partial charge on any atom is -0.494 e. The molecule has 0 aliphatic carbocycles. The van der Waals surface area contributed by atoms with Gasteiger partial charge in [-0.05, 0) is 6.07 Å². The number of nitrogens with zero attached hydrogens (tertiary/aromatic N) is 2. The van der Waals surface area contributed by atoms with Crippen LogP contribution in [0.3, 0.4) is 0 Å². The maximum atomic E-state index is 13.7. The van der Waals surface area contributed by atoms with Crippen molar-refractivity contribution in [3.05, 3.63) is 34.8 Å². The van der Waals surface area contributed by atoms with Crippen molar-refractivity contribution < 1.29 is 13.5 Å². The Balaban J connectivity index is 2.53. The highest BCUT2D eigenvalue weighted by Gasteiger charge is 2.14. The SMILES string of the molecule is COc1cc(F)c(-c2nc(C#N)cs2)cc1F. The Labute approximate surface area is 99.9 Å². The van der Waals surface area contributed by atoms with E-state index in [4.69, 9.17) is 5.26 Å². The van der Waals surface area contributed by atoms with Crippen LogP contribution in [0.4, 0.5) is 8.78 Å². The largest absolute Gasteiger partial charge is 0.494 e. The van der Waals surface area contributed by atoms with Crippen LogP contribution in [-0.2, 0) is 0 Å². The average Bonchev–Trinajstić information content (AvgIpc) is 2.80. The molecule has 0 unspecified atom stereocenters. The number of hydrogen-bond acceptors (Lipinski definition) is 4. The summed E-state index contributed by atoms with van der Waals surface area (Å²) in [6, 6.07) is 3.80. The highest BCUT2D eigenvalue weighted by molar-refractivity contribution is 7.13. The first-order valence-electron chi connectivity index (χ1n) is 4.54. The van der Waals surface area contributed by atoms with Gasteiger partial charge in [0.05, 0.1) is 7.11 Å². The molecule has 86 valence electrons. The predicted molar refractivity (Wildman–Crippen MR) is 58.7 cm³/mol. The highest BCUT2D eigenvalue weighted by Crippen LogP contribution is 2.30. The smallest absolute Gasteiger partial charge is 0.165 e. The van der Waals surface area contributed by atoms with Crippen LogP contribution in [0.2, 0.25) is 0 Å². The van der Waals surface area contributed by atoms with Crippen LogP contribution in [0.1, 0.15) is 5.69 Å². The van der Waals surface area contributed by atoms with Gasteiger partial charge < -0.3 is 4.74 Å². The van der Waals surface area contributed by atoms with E-state index in [1.807, 2.05) is 6.07 Å². The number of rotatable bonds is 2. The van der Waals surface area contributed by atoms with Crippen LogP contribution in [0, 0.1) is 23.0 Å². The Hall–Kier alpha value is -2.00. The summed E-state index contributed by atoms with van der Waals surface area (Å²) < 4.78 is 31.7. The molecule has 0 fully saturated rings. The van der Waals surface area contributed by atoms with E-state index in [1.54, 1.807) is 0 Å². The lowest BCUT2D eigenvalue weighted by molar-refractivity contribution is 0.383. The summed E-state index contributed by atoms with van der Waals surface area (Å²) in [5.41, 5.74) is 0.204. The molecule has 1 heterocycles. The lowest BCUT2D eigenvalue weighted by Gasteiger charge is -2.04. The maximum absolute atomic E-state index is 13.7. The first kappa shape index (κ1) is 11.5. The van der Waals surface area contributed by atoms with E-state index in [-0.39, 0.29) is 22.0 Å². The van der Waals surface area contributed by atoms with E-state index in [0.717, 1.165) is 23.5 Å². The molecule has 1 aromatic carbocycles. The topological polar surface area (TPSA) is 45.9 Å². The first-order valence-corrected chi connectivity index (χ1v) is 5.42. The van der Waals surface area contributed by atoms with Crippen LogP contribution in [0.5, 0.6) is 5.75 Å². The molecular formula is C11H6F2N2OS. The molecule has 0 radical (unpaired) electrons. The Morgan fingerprint density at radius 2 is 2.12 bits per heavy atom. The molecule has 1 aromatic heterocycles. The van der Waals surface area contributed by atoms with Gasteiger partial charge in [-0.1, -0.05) is 0 Å². The Morgan fingerprint density at radius 3 is 2.71 bits per heavy atom. The minimum absolute atomic E-state index is 0.0230. The van der Waals surface area contributed by atoms with E-state index in [9.17, 15) is 8.78 Å². The summed E-state index contributed by atoms with van der Waals surface area (Å²) >= 11 is 1.08. The summed E-state index contributed by atoms with van der Waals surface area (Å²) in [6.07, 6.45) is 0. The van der Waals surface area contributed by atoms with Crippen molar-refractivity contribution in [1.29, 1.82) is 5.26 Å². The molecule has 2 rings (SSSR count). The summed E-state index contributed by atoms with van der Waals surface area (Å²) in [5.74, 6) is -1.47. The van der Waals surface area contributed by atoms with Gasteiger partial charge in [-0.3, -0.25) is 0 Å². The van der Waals surface area contributed by atoms with Crippen LogP contribution in [0.25, 0.3) is 10.6 Å². The number of aromatic nitrogens is 1. The van der Waals surface area contributed by atoms with E-state index in [1.165, 1.54) is 12.5 Å². The monoisotopic (exact) mass is 252 g/mol. The zero-order valence-corrected chi connectivity index (χ0v) is 9.52. The molecule has 0 saturated heterocycles. The summed E-state index contributed by atoms with van der Waals surface area (Å²) in [4.78, 5) is 3.87. The number of halogens is 2. The average molecular weight is 252 g/mol. The van der Waals surface area contributed by atoms with Crippen LogP contribution in [0.15, 0.2) is 17.5 Å². The van der Waals surface area contributed by atoms with Crippen LogP contribution < -0.4 is 4.74 Å². The Morgan fingerprint density at radius 1 is 1.35 bits per heavy atom. The van der Waals surface area contributed by atoms with Gasteiger partial charge in [0.15, 0.2) is 17.3 Å². The second-order valence-corrected chi connectivity index (χ2v) is 3.97. The minimum atomic E-state index is -0.669. The summed E-state index contributed by atoms with van der Waals surface area (Å²) in [6.45, 7) is 0. The van der Waals surface area contributed by atoms with Gasteiger partial charge >= 0.3 is 0 Å². The lowest BCUT2D eigenvalue weighted by atomic mass is 10.2. The molecule has 0 bridgehead atoms. The van der Waals surface area contributed by atoms with Crippen molar-refractivity contribution in [2.45, 2.75) is 0 Å². The first-order chi connectivity index (χ1) is 8.15. The number of benzene rings is 1. The van der Waals surface area contributed by atoms with Gasteiger partial charge in [0, 0.05) is 17.0 Å². The van der Waals surface area contributed by atoms with Crippen LogP contribution >= 0.6 is 11.3 Å². The Kier molecular flexibility index (Phi) is 3.02. The zero-order valence-electron chi connectivity index (χ0n) is 8.70. The highest BCUT2D eigenvalue weighted by atomic mass is 32.1. The van der Waals surface area contributed by atoms with Gasteiger partial charge in [-0.2, -0.15) is 5.26 Å². The molecule has 0 spiro atoms. The maximum Gasteiger partial charge on any atom is 0.165 e. The van der Waals surface area contributed by atoms with Crippen molar-refractivity contribution in [3.8, 4) is 22.4 Å². The van der Waals surface area contributed by atoms with Crippen molar-refractivity contribution in [1.82, 2.24) is 4.98 Å². The van der Waals surface area contributed by atoms with Crippen molar-refractivity contribution >= 4 is 11.3 Å². The second kappa shape index (κ2) is 4.47. The third-order valence-corrected chi connectivity index (χ3v) is 2.97. The summed E-state index contributed by atoms with van der Waals surface area (Å²) in [7, 11) is 1.26. The molecule has 2 aromatic rings. The number of methoxy groups -OCH3 is 1. The number of ether oxygens (including phenoxy) is 1. The van der Waals surface area contributed by atoms with Gasteiger partial charge in [-0.25, -0.2) is 13.8 Å². The molecular weight excluding hydrogens is 246 g/mol. The van der Waals surface area contributed by atoms with Gasteiger partial charge in [-0.15, -0.1) is 11.3 Å². The fourth-order valence-corrected chi connectivity index (χ4v) is 2.06. The standard InChI is InChI=1S/C11H6F2N2OS/c1-16-10-3-8(12)7(2-9(10)13)11-15-6(4-14)5-17-11/h2-3,5H,1H3. The fraction of sp³-hybridized carbons (Fsp3) is 0.0909. The van der Waals surface area contributed by atoms with Crippen molar-refractivity contribution in [2.75, 3.05) is 7.11 Å². The van der Waals surface area contributed by atoms with Crippen molar-refractivity contribution in [2.24, 2.45) is 0 Å². The number of thiazole rings is 1. The Bertz CT molecular complexity index is 604. The van der Waals surface area contributed by atoms with E-state index in [0.29, 0.717) is 0 Å². The molecule has 0 N–H and O–H groups in total. The van der Waals surface area contributed by atoms with Crippen LogP contribution in [-0.4, -0.2) is 12.1 Å². The number of nitriles is 1. The number of hydrogen-bond donors (Lipinski definition) is 0. The normalized spacial score (nSPS) is 10.0. The molecule has 6 heteroatoms. The zero-order chi connectivity index (χ0) is 12.4. The fourth-order valence-electron chi connectivity index (χ4n) is 1.30. The molecule has 0 atom stereocenters. The molecule has 17 heavy (non-hydrogen) atoms. The molecule has 3 nitrogen and oxygen atoms in total. The molecule has 0 aliphatic heterocycles. The summed E-state index contributed by atoms with van der Waals surface area (Å²) in [5, 5.41) is 10.4. The van der Waals surface area contributed by atoms with Gasteiger partial charge in [0.2, 0.25) is 0 Å². The van der Waals surface area contributed by atoms with E-state index < -0.39 is 11.6 Å². The van der Waals surface area contributed by atoms with E-state index in [2.05, 4.69) is 9.72 Å². The molecule has 0 aliphatic rings. The lowest BCUT2D eigenvalue weighted by Crippen LogP contribution is -1.92.